The molecule has 2 aromatic carbocycles. The van der Waals surface area contributed by atoms with Crippen molar-refractivity contribution in [3.8, 4) is 0 Å². The van der Waals surface area contributed by atoms with Crippen molar-refractivity contribution < 1.29 is 13.2 Å². The number of anilines is 4. The van der Waals surface area contributed by atoms with E-state index < -0.39 is 11.7 Å². The Morgan fingerprint density at radius 3 is 2.28 bits per heavy atom. The lowest BCUT2D eigenvalue weighted by Crippen LogP contribution is -2.13. The molecule has 0 bridgehead atoms. The van der Waals surface area contributed by atoms with Gasteiger partial charge in [-0.15, -0.1) is 0 Å². The van der Waals surface area contributed by atoms with Crippen LogP contribution in [0.2, 0.25) is 0 Å². The van der Waals surface area contributed by atoms with Crippen LogP contribution < -0.4 is 10.6 Å². The van der Waals surface area contributed by atoms with E-state index in [-0.39, 0.29) is 11.8 Å². The minimum atomic E-state index is -4.56. The third-order valence-electron chi connectivity index (χ3n) is 5.13. The zero-order valence-electron chi connectivity index (χ0n) is 15.7. The summed E-state index contributed by atoms with van der Waals surface area (Å²) in [5.74, 6) is 0.207. The molecule has 4 rings (SSSR count). The Kier molecular flexibility index (Phi) is 5.38. The van der Waals surface area contributed by atoms with E-state index in [0.717, 1.165) is 37.4 Å². The summed E-state index contributed by atoms with van der Waals surface area (Å²) in [5.41, 5.74) is 1.51. The van der Waals surface area contributed by atoms with Crippen LogP contribution in [0.4, 0.5) is 36.3 Å². The topological polar surface area (TPSA) is 49.8 Å². The van der Waals surface area contributed by atoms with Crippen molar-refractivity contribution in [3.63, 3.8) is 0 Å². The molecule has 2 N–H and O–H groups in total. The Hall–Kier alpha value is -3.09. The van der Waals surface area contributed by atoms with E-state index in [2.05, 4.69) is 20.6 Å². The second kappa shape index (κ2) is 8.11. The number of hydrogen-bond donors (Lipinski definition) is 2. The van der Waals surface area contributed by atoms with Gasteiger partial charge in [0.25, 0.3) is 0 Å². The average Bonchev–Trinajstić information content (AvgIpc) is 3.23. The molecule has 0 aliphatic heterocycles. The normalized spacial score (nSPS) is 14.7. The molecule has 1 fully saturated rings. The average molecular weight is 398 g/mol. The van der Waals surface area contributed by atoms with E-state index in [1.54, 1.807) is 18.2 Å². The standard InChI is InChI=1S/C22H21F3N4/c23-22(24,25)18-14-26-21(27-16-10-2-1-3-11-16)29-20(18)28-19-13-7-6-12-17(19)15-8-4-5-9-15/h1-3,6-7,10-15H,4-5,8-9H2,(H2,26,27,28,29). The van der Waals surface area contributed by atoms with Gasteiger partial charge in [-0.3, -0.25) is 0 Å². The Morgan fingerprint density at radius 1 is 0.862 bits per heavy atom. The molecule has 150 valence electrons. The summed E-state index contributed by atoms with van der Waals surface area (Å²) in [4.78, 5) is 8.00. The van der Waals surface area contributed by atoms with Crippen LogP contribution in [0, 0.1) is 0 Å². The van der Waals surface area contributed by atoms with Crippen LogP contribution in [-0.2, 0) is 6.18 Å². The fourth-order valence-corrected chi connectivity index (χ4v) is 3.73. The predicted octanol–water partition coefficient (Wildman–Crippen LogP) is 6.64. The molecule has 1 aromatic heterocycles. The van der Waals surface area contributed by atoms with Crippen molar-refractivity contribution in [2.45, 2.75) is 37.8 Å². The van der Waals surface area contributed by atoms with Crippen LogP contribution in [0.1, 0.15) is 42.7 Å². The molecule has 1 saturated carbocycles. The number of nitrogens with one attached hydrogen (secondary N) is 2. The van der Waals surface area contributed by atoms with Gasteiger partial charge in [0, 0.05) is 17.6 Å². The Morgan fingerprint density at radius 2 is 1.55 bits per heavy atom. The highest BCUT2D eigenvalue weighted by Gasteiger charge is 2.35. The third kappa shape index (κ3) is 4.50. The summed E-state index contributed by atoms with van der Waals surface area (Å²) in [6.45, 7) is 0. The van der Waals surface area contributed by atoms with Crippen molar-refractivity contribution in [2.24, 2.45) is 0 Å². The summed E-state index contributed by atoms with van der Waals surface area (Å²) in [5, 5.41) is 5.89. The summed E-state index contributed by atoms with van der Waals surface area (Å²) in [6.07, 6.45) is 0.649. The molecule has 0 unspecified atom stereocenters. The molecule has 0 atom stereocenters. The SMILES string of the molecule is FC(F)(F)c1cnc(Nc2ccccc2)nc1Nc1ccccc1C1CCCC1. The van der Waals surface area contributed by atoms with Crippen molar-refractivity contribution in [1.82, 2.24) is 9.97 Å². The Balaban J connectivity index is 1.69. The van der Waals surface area contributed by atoms with Gasteiger partial charge in [-0.25, -0.2) is 4.98 Å². The molecule has 7 heteroatoms. The van der Waals surface area contributed by atoms with Crippen LogP contribution in [0.3, 0.4) is 0 Å². The second-order valence-electron chi connectivity index (χ2n) is 7.14. The van der Waals surface area contributed by atoms with E-state index in [9.17, 15) is 13.2 Å². The van der Waals surface area contributed by atoms with Gasteiger partial charge in [0.1, 0.15) is 11.4 Å². The zero-order valence-corrected chi connectivity index (χ0v) is 15.7. The Labute approximate surface area is 167 Å². The summed E-state index contributed by atoms with van der Waals surface area (Å²) < 4.78 is 40.7. The minimum Gasteiger partial charge on any atom is -0.339 e. The van der Waals surface area contributed by atoms with Crippen molar-refractivity contribution >= 4 is 23.1 Å². The molecule has 0 saturated heterocycles. The molecule has 0 radical (unpaired) electrons. The monoisotopic (exact) mass is 398 g/mol. The highest BCUT2D eigenvalue weighted by Crippen LogP contribution is 2.40. The number of nitrogens with zero attached hydrogens (tertiary/aromatic N) is 2. The van der Waals surface area contributed by atoms with Gasteiger partial charge in [-0.1, -0.05) is 49.2 Å². The number of halogens is 3. The smallest absolute Gasteiger partial charge is 0.339 e. The van der Waals surface area contributed by atoms with Crippen LogP contribution in [0.5, 0.6) is 0 Å². The highest BCUT2D eigenvalue weighted by atomic mass is 19.4. The van der Waals surface area contributed by atoms with Crippen LogP contribution >= 0.6 is 0 Å². The fraction of sp³-hybridized carbons (Fsp3) is 0.273. The minimum absolute atomic E-state index is 0.102. The van der Waals surface area contributed by atoms with Gasteiger partial charge in [-0.2, -0.15) is 18.2 Å². The van der Waals surface area contributed by atoms with Crippen molar-refractivity contribution in [1.29, 1.82) is 0 Å². The van der Waals surface area contributed by atoms with E-state index >= 15 is 0 Å². The van der Waals surface area contributed by atoms with E-state index in [0.29, 0.717) is 17.3 Å². The van der Waals surface area contributed by atoms with Gasteiger partial charge in [-0.05, 0) is 42.5 Å². The molecule has 0 spiro atoms. The van der Waals surface area contributed by atoms with Gasteiger partial charge < -0.3 is 10.6 Å². The van der Waals surface area contributed by atoms with Crippen LogP contribution in [0.15, 0.2) is 60.8 Å². The van der Waals surface area contributed by atoms with Crippen LogP contribution in [-0.4, -0.2) is 9.97 Å². The van der Waals surface area contributed by atoms with E-state index in [1.165, 1.54) is 0 Å². The van der Waals surface area contributed by atoms with Crippen molar-refractivity contribution in [2.75, 3.05) is 10.6 Å². The van der Waals surface area contributed by atoms with Crippen LogP contribution in [0.25, 0.3) is 0 Å². The maximum atomic E-state index is 13.6. The fourth-order valence-electron chi connectivity index (χ4n) is 3.73. The molecule has 4 nitrogen and oxygen atoms in total. The maximum absolute atomic E-state index is 13.6. The Bertz CT molecular complexity index is 967. The van der Waals surface area contributed by atoms with E-state index in [4.69, 9.17) is 0 Å². The van der Waals surface area contributed by atoms with Gasteiger partial charge >= 0.3 is 6.18 Å². The predicted molar refractivity (Wildman–Crippen MR) is 108 cm³/mol. The van der Waals surface area contributed by atoms with Gasteiger partial charge in [0.15, 0.2) is 0 Å². The largest absolute Gasteiger partial charge is 0.421 e. The maximum Gasteiger partial charge on any atom is 0.421 e. The summed E-state index contributed by atoms with van der Waals surface area (Å²) in [7, 11) is 0. The molecule has 0 amide bonds. The number of hydrogen-bond acceptors (Lipinski definition) is 4. The molecule has 1 aliphatic rings. The first-order valence-electron chi connectivity index (χ1n) is 9.63. The summed E-state index contributed by atoms with van der Waals surface area (Å²) >= 11 is 0. The molecule has 1 heterocycles. The molecular weight excluding hydrogens is 377 g/mol. The number of aromatic nitrogens is 2. The molecule has 29 heavy (non-hydrogen) atoms. The first-order valence-corrected chi connectivity index (χ1v) is 9.63. The molecule has 3 aromatic rings. The second-order valence-corrected chi connectivity index (χ2v) is 7.14. The molecule has 1 aliphatic carbocycles. The third-order valence-corrected chi connectivity index (χ3v) is 5.13. The quantitative estimate of drug-likeness (QED) is 0.506. The lowest BCUT2D eigenvalue weighted by atomic mass is 9.96. The summed E-state index contributed by atoms with van der Waals surface area (Å²) in [6, 6.07) is 16.6. The number of benzene rings is 2. The van der Waals surface area contributed by atoms with E-state index in [1.807, 2.05) is 36.4 Å². The zero-order chi connectivity index (χ0) is 20.3. The number of alkyl halides is 3. The lowest BCUT2D eigenvalue weighted by Gasteiger charge is -2.19. The molecular formula is C22H21F3N4. The van der Waals surface area contributed by atoms with Gasteiger partial charge in [0.05, 0.1) is 0 Å². The first kappa shape index (κ1) is 19.2. The first-order chi connectivity index (χ1) is 14.0. The lowest BCUT2D eigenvalue weighted by molar-refractivity contribution is -0.137. The number of rotatable bonds is 5. The van der Waals surface area contributed by atoms with Crippen molar-refractivity contribution in [3.05, 3.63) is 71.9 Å². The number of para-hydroxylation sites is 2. The highest BCUT2D eigenvalue weighted by molar-refractivity contribution is 5.66. The van der Waals surface area contributed by atoms with Gasteiger partial charge in [0.2, 0.25) is 5.95 Å².